The molecule has 16 heavy (non-hydrogen) atoms. The summed E-state index contributed by atoms with van der Waals surface area (Å²) in [6, 6.07) is 0.626. The van der Waals surface area contributed by atoms with Gasteiger partial charge in [-0.2, -0.15) is 0 Å². The minimum atomic E-state index is 0.195. The predicted octanol–water partition coefficient (Wildman–Crippen LogP) is 2.02. The Bertz CT molecular complexity index is 210. The molecule has 1 atom stereocenters. The summed E-state index contributed by atoms with van der Waals surface area (Å²) < 4.78 is 0. The van der Waals surface area contributed by atoms with Crippen molar-refractivity contribution in [1.29, 1.82) is 0 Å². The lowest BCUT2D eigenvalue weighted by atomic mass is 10.0. The van der Waals surface area contributed by atoms with Crippen molar-refractivity contribution in [2.75, 3.05) is 19.6 Å². The molecule has 1 aliphatic rings. The average Bonchev–Trinajstić information content (AvgIpc) is 2.35. The molecule has 0 bridgehead atoms. The van der Waals surface area contributed by atoms with Gasteiger partial charge in [0, 0.05) is 25.0 Å². The summed E-state index contributed by atoms with van der Waals surface area (Å²) in [5.74, 6) is 0.539. The van der Waals surface area contributed by atoms with E-state index in [-0.39, 0.29) is 5.92 Å². The predicted molar refractivity (Wildman–Crippen MR) is 67.4 cm³/mol. The largest absolute Gasteiger partial charge is 0.342 e. The number of nitrogens with zero attached hydrogens (tertiary/aromatic N) is 1. The maximum atomic E-state index is 12.0. The molecule has 3 nitrogen and oxygen atoms in total. The highest BCUT2D eigenvalue weighted by Gasteiger charge is 2.24. The first-order valence-electron chi connectivity index (χ1n) is 6.71. The fraction of sp³-hybridized carbons (Fsp3) is 0.923. The van der Waals surface area contributed by atoms with Gasteiger partial charge in [-0.25, -0.2) is 0 Å². The van der Waals surface area contributed by atoms with Crippen molar-refractivity contribution in [3.63, 3.8) is 0 Å². The Morgan fingerprint density at radius 2 is 2.00 bits per heavy atom. The van der Waals surface area contributed by atoms with Gasteiger partial charge in [0.1, 0.15) is 0 Å². The number of piperidine rings is 1. The van der Waals surface area contributed by atoms with Crippen molar-refractivity contribution in [3.05, 3.63) is 0 Å². The minimum absolute atomic E-state index is 0.195. The van der Waals surface area contributed by atoms with Crippen molar-refractivity contribution < 1.29 is 4.79 Å². The second kappa shape index (κ2) is 6.89. The van der Waals surface area contributed by atoms with Crippen molar-refractivity contribution >= 4 is 5.91 Å². The van der Waals surface area contributed by atoms with Crippen molar-refractivity contribution in [1.82, 2.24) is 10.2 Å². The van der Waals surface area contributed by atoms with Crippen LogP contribution in [0.15, 0.2) is 0 Å². The van der Waals surface area contributed by atoms with Crippen molar-refractivity contribution in [2.45, 2.75) is 52.5 Å². The lowest BCUT2D eigenvalue weighted by Crippen LogP contribution is -2.46. The Hall–Kier alpha value is -0.570. The Labute approximate surface area is 99.6 Å². The van der Waals surface area contributed by atoms with E-state index in [1.807, 2.05) is 11.8 Å². The van der Waals surface area contributed by atoms with Crippen LogP contribution in [0, 0.1) is 5.92 Å². The highest BCUT2D eigenvalue weighted by molar-refractivity contribution is 5.78. The van der Waals surface area contributed by atoms with E-state index in [1.54, 1.807) is 0 Å². The summed E-state index contributed by atoms with van der Waals surface area (Å²) in [7, 11) is 0. The highest BCUT2D eigenvalue weighted by Crippen LogP contribution is 2.14. The third kappa shape index (κ3) is 3.78. The van der Waals surface area contributed by atoms with Crippen LogP contribution in [-0.2, 0) is 4.79 Å². The Morgan fingerprint density at radius 3 is 2.50 bits per heavy atom. The van der Waals surface area contributed by atoms with Gasteiger partial charge in [-0.15, -0.1) is 0 Å². The number of hydrogen-bond acceptors (Lipinski definition) is 2. The summed E-state index contributed by atoms with van der Waals surface area (Å²) in [4.78, 5) is 14.0. The Balaban J connectivity index is 2.28. The number of nitrogens with one attached hydrogen (secondary N) is 1. The third-order valence-electron chi connectivity index (χ3n) is 3.52. The zero-order chi connectivity index (χ0) is 12.0. The molecule has 1 saturated heterocycles. The van der Waals surface area contributed by atoms with Gasteiger partial charge in [0.15, 0.2) is 0 Å². The number of rotatable bonds is 5. The van der Waals surface area contributed by atoms with Crippen molar-refractivity contribution in [2.24, 2.45) is 5.92 Å². The lowest BCUT2D eigenvalue weighted by molar-refractivity contribution is -0.136. The van der Waals surface area contributed by atoms with Gasteiger partial charge < -0.3 is 10.2 Å². The molecule has 0 aromatic heterocycles. The third-order valence-corrected chi connectivity index (χ3v) is 3.52. The van der Waals surface area contributed by atoms with E-state index in [0.717, 1.165) is 38.9 Å². The van der Waals surface area contributed by atoms with Gasteiger partial charge in [-0.1, -0.05) is 20.8 Å². The van der Waals surface area contributed by atoms with Crippen LogP contribution < -0.4 is 5.32 Å². The van der Waals surface area contributed by atoms with E-state index in [9.17, 15) is 4.79 Å². The summed E-state index contributed by atoms with van der Waals surface area (Å²) >= 11 is 0. The summed E-state index contributed by atoms with van der Waals surface area (Å²) in [5, 5.41) is 3.54. The SMILES string of the molecule is CCCNC1CCN(C(=O)C(C)CC)CC1. The maximum absolute atomic E-state index is 12.0. The lowest BCUT2D eigenvalue weighted by Gasteiger charge is -2.34. The van der Waals surface area contributed by atoms with Crippen LogP contribution in [0.4, 0.5) is 0 Å². The normalized spacial score (nSPS) is 19.8. The van der Waals surface area contributed by atoms with E-state index in [2.05, 4.69) is 19.2 Å². The van der Waals surface area contributed by atoms with Crippen LogP contribution >= 0.6 is 0 Å². The van der Waals surface area contributed by atoms with Gasteiger partial charge >= 0.3 is 0 Å². The van der Waals surface area contributed by atoms with Crippen LogP contribution in [-0.4, -0.2) is 36.5 Å². The first-order chi connectivity index (χ1) is 7.69. The summed E-state index contributed by atoms with van der Waals surface area (Å²) in [5.41, 5.74) is 0. The molecule has 1 amide bonds. The molecule has 1 unspecified atom stereocenters. The van der Waals surface area contributed by atoms with Gasteiger partial charge in [-0.3, -0.25) is 4.79 Å². The van der Waals surface area contributed by atoms with Crippen LogP contribution in [0.2, 0.25) is 0 Å². The smallest absolute Gasteiger partial charge is 0.225 e. The molecular weight excluding hydrogens is 200 g/mol. The molecule has 0 saturated carbocycles. The molecule has 3 heteroatoms. The van der Waals surface area contributed by atoms with Gasteiger partial charge in [0.25, 0.3) is 0 Å². The van der Waals surface area contributed by atoms with E-state index < -0.39 is 0 Å². The van der Waals surface area contributed by atoms with E-state index in [4.69, 9.17) is 0 Å². The zero-order valence-corrected chi connectivity index (χ0v) is 11.0. The number of likely N-dealkylation sites (tertiary alicyclic amines) is 1. The minimum Gasteiger partial charge on any atom is -0.342 e. The zero-order valence-electron chi connectivity index (χ0n) is 11.0. The molecule has 0 radical (unpaired) electrons. The van der Waals surface area contributed by atoms with Gasteiger partial charge in [0.2, 0.25) is 5.91 Å². The second-order valence-electron chi connectivity index (χ2n) is 4.86. The van der Waals surface area contributed by atoms with Crippen molar-refractivity contribution in [3.8, 4) is 0 Å². The summed E-state index contributed by atoms with van der Waals surface area (Å²) in [6.45, 7) is 9.27. The number of amides is 1. The van der Waals surface area contributed by atoms with Gasteiger partial charge in [0.05, 0.1) is 0 Å². The van der Waals surface area contributed by atoms with Gasteiger partial charge in [-0.05, 0) is 32.2 Å². The van der Waals surface area contributed by atoms with Crippen LogP contribution in [0.1, 0.15) is 46.5 Å². The first kappa shape index (κ1) is 13.5. The van der Waals surface area contributed by atoms with E-state index >= 15 is 0 Å². The molecule has 1 aliphatic heterocycles. The fourth-order valence-electron chi connectivity index (χ4n) is 2.14. The topological polar surface area (TPSA) is 32.3 Å². The molecule has 1 N–H and O–H groups in total. The number of carbonyl (C=O) groups excluding carboxylic acids is 1. The quantitative estimate of drug-likeness (QED) is 0.778. The number of hydrogen-bond donors (Lipinski definition) is 1. The van der Waals surface area contributed by atoms with Crippen LogP contribution in [0.25, 0.3) is 0 Å². The Morgan fingerprint density at radius 1 is 1.38 bits per heavy atom. The molecule has 94 valence electrons. The molecule has 0 aromatic carbocycles. The molecular formula is C13H26N2O. The fourth-order valence-corrected chi connectivity index (χ4v) is 2.14. The molecule has 1 fully saturated rings. The molecule has 1 heterocycles. The van der Waals surface area contributed by atoms with Crippen LogP contribution in [0.3, 0.4) is 0 Å². The standard InChI is InChI=1S/C13H26N2O/c1-4-8-14-12-6-9-15(10-7-12)13(16)11(3)5-2/h11-12,14H,4-10H2,1-3H3. The average molecular weight is 226 g/mol. The monoisotopic (exact) mass is 226 g/mol. The van der Waals surface area contributed by atoms with E-state index in [0.29, 0.717) is 11.9 Å². The highest BCUT2D eigenvalue weighted by atomic mass is 16.2. The summed E-state index contributed by atoms with van der Waals surface area (Å²) in [6.07, 6.45) is 4.36. The molecule has 1 rings (SSSR count). The van der Waals surface area contributed by atoms with Crippen LogP contribution in [0.5, 0.6) is 0 Å². The maximum Gasteiger partial charge on any atom is 0.225 e. The molecule has 0 spiro atoms. The first-order valence-corrected chi connectivity index (χ1v) is 6.71. The molecule has 0 aliphatic carbocycles. The number of carbonyl (C=O) groups is 1. The Kier molecular flexibility index (Phi) is 5.81. The molecule has 0 aromatic rings. The second-order valence-corrected chi connectivity index (χ2v) is 4.86. The van der Waals surface area contributed by atoms with E-state index in [1.165, 1.54) is 6.42 Å².